The van der Waals surface area contributed by atoms with Gasteiger partial charge in [-0.3, -0.25) is 4.90 Å². The number of likely N-dealkylation sites (tertiary alicyclic amines) is 1. The third-order valence-corrected chi connectivity index (χ3v) is 7.26. The van der Waals surface area contributed by atoms with Crippen molar-refractivity contribution in [1.29, 1.82) is 0 Å². The average Bonchev–Trinajstić information content (AvgIpc) is 3.04. The summed E-state index contributed by atoms with van der Waals surface area (Å²) in [6, 6.07) is 1.85. The van der Waals surface area contributed by atoms with Crippen LogP contribution >= 0.6 is 0 Å². The first-order chi connectivity index (χ1) is 10.4. The topological polar surface area (TPSA) is 12.5 Å². The van der Waals surface area contributed by atoms with Gasteiger partial charge >= 0.3 is 0 Å². The van der Waals surface area contributed by atoms with Crippen molar-refractivity contribution >= 4 is 0 Å². The zero-order valence-electron chi connectivity index (χ0n) is 13.8. The van der Waals surface area contributed by atoms with E-state index in [1.807, 2.05) is 0 Å². The second-order valence-corrected chi connectivity index (χ2v) is 8.05. The molecule has 3 aliphatic carbocycles. The fraction of sp³-hybridized carbons (Fsp3) is 1.00. The molecule has 120 valence electrons. The van der Waals surface area contributed by atoms with Crippen LogP contribution in [0.25, 0.3) is 0 Å². The summed E-state index contributed by atoms with van der Waals surface area (Å²) in [5.41, 5.74) is 0. The lowest BCUT2D eigenvalue weighted by atomic mass is 9.78. The molecule has 0 amide bonds. The Kier molecular flexibility index (Phi) is 4.28. The smallest absolute Gasteiger partial charge is 0.0593 e. The molecule has 4 aliphatic rings. The van der Waals surface area contributed by atoms with Crippen LogP contribution in [0.4, 0.5) is 0 Å². The minimum absolute atomic E-state index is 0.877. The summed E-state index contributed by atoms with van der Waals surface area (Å²) >= 11 is 0. The van der Waals surface area contributed by atoms with Crippen LogP contribution in [-0.4, -0.2) is 36.7 Å². The molecule has 2 nitrogen and oxygen atoms in total. The van der Waals surface area contributed by atoms with Gasteiger partial charge in [0.2, 0.25) is 0 Å². The predicted molar refractivity (Wildman–Crippen MR) is 86.3 cm³/mol. The van der Waals surface area contributed by atoms with E-state index < -0.39 is 0 Å². The van der Waals surface area contributed by atoms with Gasteiger partial charge in [0.15, 0.2) is 0 Å². The Morgan fingerprint density at radius 2 is 1.67 bits per heavy atom. The first-order valence-electron chi connectivity index (χ1n) is 9.73. The van der Waals surface area contributed by atoms with E-state index in [0.29, 0.717) is 0 Å². The Labute approximate surface area is 130 Å². The molecule has 0 aromatic carbocycles. The molecule has 0 bridgehead atoms. The zero-order chi connectivity index (χ0) is 14.2. The Bertz CT molecular complexity index is 355. The third-order valence-electron chi connectivity index (χ3n) is 7.26. The summed E-state index contributed by atoms with van der Waals surface area (Å²) in [6.07, 6.45) is 13.6. The second-order valence-electron chi connectivity index (χ2n) is 8.05. The predicted octanol–water partition coefficient (Wildman–Crippen LogP) is 4.09. The zero-order valence-corrected chi connectivity index (χ0v) is 13.8. The molecule has 0 aromatic rings. The highest BCUT2D eigenvalue weighted by Gasteiger charge is 2.57. The number of rotatable bonds is 4. The fourth-order valence-electron chi connectivity index (χ4n) is 6.61. The summed E-state index contributed by atoms with van der Waals surface area (Å²) < 4.78 is 5.72. The van der Waals surface area contributed by atoms with Gasteiger partial charge in [-0.1, -0.05) is 32.1 Å². The maximum absolute atomic E-state index is 5.72. The van der Waals surface area contributed by atoms with E-state index in [9.17, 15) is 0 Å². The van der Waals surface area contributed by atoms with Gasteiger partial charge in [0.05, 0.1) is 6.61 Å². The Hall–Kier alpha value is -0.0800. The molecule has 0 aromatic heterocycles. The molecule has 2 heteroatoms. The molecule has 6 atom stereocenters. The maximum atomic E-state index is 5.72. The Morgan fingerprint density at radius 1 is 0.905 bits per heavy atom. The van der Waals surface area contributed by atoms with Gasteiger partial charge in [0, 0.05) is 25.2 Å². The van der Waals surface area contributed by atoms with E-state index in [-0.39, 0.29) is 0 Å². The van der Waals surface area contributed by atoms with Crippen LogP contribution in [0.3, 0.4) is 0 Å². The second kappa shape index (κ2) is 6.20. The van der Waals surface area contributed by atoms with Crippen molar-refractivity contribution in [3.05, 3.63) is 0 Å². The summed E-state index contributed by atoms with van der Waals surface area (Å²) in [5.74, 6) is 4.20. The molecule has 21 heavy (non-hydrogen) atoms. The van der Waals surface area contributed by atoms with Crippen molar-refractivity contribution in [2.24, 2.45) is 23.7 Å². The summed E-state index contributed by atoms with van der Waals surface area (Å²) in [6.45, 7) is 5.17. The van der Waals surface area contributed by atoms with Gasteiger partial charge < -0.3 is 4.74 Å². The highest BCUT2D eigenvalue weighted by Crippen LogP contribution is 2.57. The summed E-state index contributed by atoms with van der Waals surface area (Å²) in [4.78, 5) is 2.96. The number of ether oxygens (including phenoxy) is 1. The van der Waals surface area contributed by atoms with Gasteiger partial charge in [0.25, 0.3) is 0 Å². The lowest BCUT2D eigenvalue weighted by Gasteiger charge is -2.39. The van der Waals surface area contributed by atoms with Gasteiger partial charge in [-0.05, 0) is 56.3 Å². The van der Waals surface area contributed by atoms with E-state index in [4.69, 9.17) is 4.74 Å². The van der Waals surface area contributed by atoms with Crippen LogP contribution in [0.5, 0.6) is 0 Å². The largest absolute Gasteiger partial charge is 0.380 e. The minimum atomic E-state index is 0.877. The van der Waals surface area contributed by atoms with Gasteiger partial charge in [-0.25, -0.2) is 0 Å². The van der Waals surface area contributed by atoms with Crippen LogP contribution in [0.15, 0.2) is 0 Å². The molecule has 0 N–H and O–H groups in total. The molecule has 0 spiro atoms. The van der Waals surface area contributed by atoms with Crippen molar-refractivity contribution < 1.29 is 4.74 Å². The van der Waals surface area contributed by atoms with Crippen molar-refractivity contribution in [3.8, 4) is 0 Å². The normalized spacial score (nSPS) is 46.1. The molecule has 1 aliphatic heterocycles. The average molecular weight is 291 g/mol. The van der Waals surface area contributed by atoms with Gasteiger partial charge in [-0.2, -0.15) is 0 Å². The molecule has 4 rings (SSSR count). The quantitative estimate of drug-likeness (QED) is 0.723. The van der Waals surface area contributed by atoms with Crippen molar-refractivity contribution in [2.45, 2.75) is 76.8 Å². The monoisotopic (exact) mass is 291 g/mol. The fourth-order valence-corrected chi connectivity index (χ4v) is 6.61. The number of hydrogen-bond donors (Lipinski definition) is 0. The SMILES string of the molecule is CCOCCN1C2CCCCC2C2CC3CCCCC3C21. The van der Waals surface area contributed by atoms with E-state index >= 15 is 0 Å². The van der Waals surface area contributed by atoms with Crippen LogP contribution in [-0.2, 0) is 4.74 Å². The van der Waals surface area contributed by atoms with Crippen molar-refractivity contribution in [1.82, 2.24) is 4.90 Å². The van der Waals surface area contributed by atoms with E-state index in [0.717, 1.165) is 49.0 Å². The van der Waals surface area contributed by atoms with E-state index in [1.54, 1.807) is 6.42 Å². The minimum Gasteiger partial charge on any atom is -0.380 e. The molecule has 3 saturated carbocycles. The van der Waals surface area contributed by atoms with Crippen LogP contribution in [0, 0.1) is 23.7 Å². The molecule has 1 saturated heterocycles. The number of hydrogen-bond acceptors (Lipinski definition) is 2. The number of nitrogens with zero attached hydrogens (tertiary/aromatic N) is 1. The molecule has 1 heterocycles. The molecule has 4 fully saturated rings. The van der Waals surface area contributed by atoms with Gasteiger partial charge in [-0.15, -0.1) is 0 Å². The maximum Gasteiger partial charge on any atom is 0.0593 e. The van der Waals surface area contributed by atoms with Crippen molar-refractivity contribution in [3.63, 3.8) is 0 Å². The van der Waals surface area contributed by atoms with Crippen LogP contribution in [0.2, 0.25) is 0 Å². The summed E-state index contributed by atoms with van der Waals surface area (Å²) in [7, 11) is 0. The molecule has 6 unspecified atom stereocenters. The number of fused-ring (bicyclic) bond motifs is 5. The first kappa shape index (κ1) is 14.5. The van der Waals surface area contributed by atoms with E-state index in [2.05, 4.69) is 11.8 Å². The van der Waals surface area contributed by atoms with Crippen molar-refractivity contribution in [2.75, 3.05) is 19.8 Å². The third kappa shape index (κ3) is 2.47. The van der Waals surface area contributed by atoms with Gasteiger partial charge in [0.1, 0.15) is 0 Å². The molecular formula is C19H33NO. The van der Waals surface area contributed by atoms with Crippen LogP contribution < -0.4 is 0 Å². The van der Waals surface area contributed by atoms with Crippen LogP contribution in [0.1, 0.15) is 64.7 Å². The standard InChI is InChI=1S/C19H33NO/c1-2-21-12-11-20-18-10-6-5-9-16(18)17-13-14-7-3-4-8-15(14)19(17)20/h14-19H,2-13H2,1H3. The molecule has 0 radical (unpaired) electrons. The molecular weight excluding hydrogens is 258 g/mol. The first-order valence-corrected chi connectivity index (χ1v) is 9.73. The lowest BCUT2D eigenvalue weighted by Crippen LogP contribution is -2.44. The highest BCUT2D eigenvalue weighted by atomic mass is 16.5. The Morgan fingerprint density at radius 3 is 2.52 bits per heavy atom. The Balaban J connectivity index is 1.54. The lowest BCUT2D eigenvalue weighted by molar-refractivity contribution is 0.0539. The summed E-state index contributed by atoms with van der Waals surface area (Å²) in [5, 5.41) is 0. The van der Waals surface area contributed by atoms with E-state index in [1.165, 1.54) is 57.9 Å². The highest BCUT2D eigenvalue weighted by molar-refractivity contribution is 5.09.